The van der Waals surface area contributed by atoms with Gasteiger partial charge in [0.25, 0.3) is 5.91 Å². The average molecular weight is 303 g/mol. The summed E-state index contributed by atoms with van der Waals surface area (Å²) in [5, 5.41) is 3.22. The van der Waals surface area contributed by atoms with Crippen molar-refractivity contribution in [3.63, 3.8) is 0 Å². The molecule has 0 aromatic heterocycles. The van der Waals surface area contributed by atoms with E-state index in [1.165, 1.54) is 16.8 Å². The molecule has 1 aromatic carbocycles. The van der Waals surface area contributed by atoms with Crippen LogP contribution in [0.3, 0.4) is 0 Å². The van der Waals surface area contributed by atoms with Crippen molar-refractivity contribution in [2.45, 2.75) is 20.0 Å². The standard InChI is InChI=1S/C17H25N3O2/c1-13-3-4-14(2)15(11-13)19-6-8-20(9-7-19)17(21)16-12-18-5-10-22-16/h3-4,11,16,18H,5-10,12H2,1-2H3. The molecule has 5 nitrogen and oxygen atoms in total. The molecular weight excluding hydrogens is 278 g/mol. The molecule has 2 fully saturated rings. The highest BCUT2D eigenvalue weighted by molar-refractivity contribution is 5.81. The van der Waals surface area contributed by atoms with E-state index in [4.69, 9.17) is 4.74 Å². The Kier molecular flexibility index (Phi) is 4.64. The molecule has 22 heavy (non-hydrogen) atoms. The van der Waals surface area contributed by atoms with Gasteiger partial charge in [-0.15, -0.1) is 0 Å². The van der Waals surface area contributed by atoms with E-state index in [0.717, 1.165) is 32.7 Å². The second-order valence-corrected chi connectivity index (χ2v) is 6.17. The number of nitrogens with one attached hydrogen (secondary N) is 1. The van der Waals surface area contributed by atoms with Crippen molar-refractivity contribution in [2.24, 2.45) is 0 Å². The highest BCUT2D eigenvalue weighted by Crippen LogP contribution is 2.23. The summed E-state index contributed by atoms with van der Waals surface area (Å²) in [5.74, 6) is 0.132. The Bertz CT molecular complexity index is 533. The number of hydrogen-bond acceptors (Lipinski definition) is 4. The predicted molar refractivity (Wildman–Crippen MR) is 87.3 cm³/mol. The van der Waals surface area contributed by atoms with Gasteiger partial charge in [0.2, 0.25) is 0 Å². The number of rotatable bonds is 2. The van der Waals surface area contributed by atoms with Gasteiger partial charge < -0.3 is 19.9 Å². The predicted octanol–water partition coefficient (Wildman–Crippen LogP) is 0.940. The number of amides is 1. The molecule has 1 atom stereocenters. The van der Waals surface area contributed by atoms with Gasteiger partial charge >= 0.3 is 0 Å². The summed E-state index contributed by atoms with van der Waals surface area (Å²) in [4.78, 5) is 16.8. The number of hydrogen-bond donors (Lipinski definition) is 1. The van der Waals surface area contributed by atoms with Gasteiger partial charge in [-0.05, 0) is 31.0 Å². The third-order valence-electron chi connectivity index (χ3n) is 4.50. The van der Waals surface area contributed by atoms with Crippen molar-refractivity contribution in [2.75, 3.05) is 50.8 Å². The van der Waals surface area contributed by atoms with E-state index in [-0.39, 0.29) is 12.0 Å². The molecule has 120 valence electrons. The van der Waals surface area contributed by atoms with E-state index in [9.17, 15) is 4.79 Å². The van der Waals surface area contributed by atoms with Crippen molar-refractivity contribution in [1.29, 1.82) is 0 Å². The van der Waals surface area contributed by atoms with Crippen molar-refractivity contribution in [3.05, 3.63) is 29.3 Å². The van der Waals surface area contributed by atoms with E-state index < -0.39 is 0 Å². The fourth-order valence-electron chi connectivity index (χ4n) is 3.16. The van der Waals surface area contributed by atoms with Crippen LogP contribution in [0.1, 0.15) is 11.1 Å². The van der Waals surface area contributed by atoms with Crippen molar-refractivity contribution in [3.8, 4) is 0 Å². The Labute approximate surface area is 132 Å². The smallest absolute Gasteiger partial charge is 0.253 e. The lowest BCUT2D eigenvalue weighted by Gasteiger charge is -2.38. The molecule has 0 spiro atoms. The lowest BCUT2D eigenvalue weighted by molar-refractivity contribution is -0.145. The molecule has 1 N–H and O–H groups in total. The largest absolute Gasteiger partial charge is 0.368 e. The van der Waals surface area contributed by atoms with Crippen LogP contribution in [0.15, 0.2) is 18.2 Å². The lowest BCUT2D eigenvalue weighted by Crippen LogP contribution is -2.55. The summed E-state index contributed by atoms with van der Waals surface area (Å²) in [5.41, 5.74) is 3.87. The average Bonchev–Trinajstić information content (AvgIpc) is 2.57. The number of anilines is 1. The van der Waals surface area contributed by atoms with Crippen LogP contribution in [0.4, 0.5) is 5.69 Å². The number of nitrogens with zero attached hydrogens (tertiary/aromatic N) is 2. The molecule has 0 bridgehead atoms. The SMILES string of the molecule is Cc1ccc(C)c(N2CCN(C(=O)C3CNCCO3)CC2)c1. The first kappa shape index (κ1) is 15.3. The molecule has 5 heteroatoms. The van der Waals surface area contributed by atoms with Crippen LogP contribution < -0.4 is 10.2 Å². The zero-order chi connectivity index (χ0) is 15.5. The van der Waals surface area contributed by atoms with Crippen LogP contribution in [-0.2, 0) is 9.53 Å². The Morgan fingerprint density at radius 1 is 1.23 bits per heavy atom. The number of benzene rings is 1. The molecule has 0 radical (unpaired) electrons. The zero-order valence-electron chi connectivity index (χ0n) is 13.5. The highest BCUT2D eigenvalue weighted by atomic mass is 16.5. The van der Waals surface area contributed by atoms with Gasteiger partial charge in [0.15, 0.2) is 0 Å². The quantitative estimate of drug-likeness (QED) is 0.883. The molecule has 0 aliphatic carbocycles. The van der Waals surface area contributed by atoms with Crippen LogP contribution >= 0.6 is 0 Å². The van der Waals surface area contributed by atoms with E-state index >= 15 is 0 Å². The minimum atomic E-state index is -0.305. The van der Waals surface area contributed by atoms with E-state index in [1.807, 2.05) is 4.90 Å². The van der Waals surface area contributed by atoms with Gasteiger partial charge in [-0.1, -0.05) is 12.1 Å². The molecule has 1 amide bonds. The first-order valence-electron chi connectivity index (χ1n) is 8.08. The van der Waals surface area contributed by atoms with Gasteiger partial charge in [0, 0.05) is 45.0 Å². The summed E-state index contributed by atoms with van der Waals surface area (Å²) in [7, 11) is 0. The van der Waals surface area contributed by atoms with Gasteiger partial charge in [-0.3, -0.25) is 4.79 Å². The molecule has 0 saturated carbocycles. The molecule has 1 unspecified atom stereocenters. The van der Waals surface area contributed by atoms with Crippen molar-refractivity contribution < 1.29 is 9.53 Å². The third-order valence-corrected chi connectivity index (χ3v) is 4.50. The molecule has 2 aliphatic heterocycles. The topological polar surface area (TPSA) is 44.8 Å². The van der Waals surface area contributed by atoms with Gasteiger partial charge in [-0.2, -0.15) is 0 Å². The third kappa shape index (κ3) is 3.25. The highest BCUT2D eigenvalue weighted by Gasteiger charge is 2.29. The van der Waals surface area contributed by atoms with Crippen molar-refractivity contribution >= 4 is 11.6 Å². The molecule has 1 aromatic rings. The van der Waals surface area contributed by atoms with Gasteiger partial charge in [0.05, 0.1) is 6.61 Å². The Hall–Kier alpha value is -1.59. The fraction of sp³-hybridized carbons (Fsp3) is 0.588. The van der Waals surface area contributed by atoms with Gasteiger partial charge in [-0.25, -0.2) is 0 Å². The van der Waals surface area contributed by atoms with E-state index in [1.54, 1.807) is 0 Å². The molecular formula is C17H25N3O2. The molecule has 2 saturated heterocycles. The Morgan fingerprint density at radius 3 is 2.68 bits per heavy atom. The number of aryl methyl sites for hydroxylation is 2. The molecule has 2 heterocycles. The van der Waals surface area contributed by atoms with Crippen LogP contribution in [0.2, 0.25) is 0 Å². The molecule has 2 aliphatic rings. The number of ether oxygens (including phenoxy) is 1. The summed E-state index contributed by atoms with van der Waals surface area (Å²) in [6.07, 6.45) is -0.305. The number of morpholine rings is 1. The summed E-state index contributed by atoms with van der Waals surface area (Å²) >= 11 is 0. The Morgan fingerprint density at radius 2 is 2.00 bits per heavy atom. The minimum Gasteiger partial charge on any atom is -0.368 e. The van der Waals surface area contributed by atoms with Crippen LogP contribution in [-0.4, -0.2) is 62.8 Å². The maximum Gasteiger partial charge on any atom is 0.253 e. The summed E-state index contributed by atoms with van der Waals surface area (Å²) in [6, 6.07) is 6.55. The first-order chi connectivity index (χ1) is 10.6. The normalized spacial score (nSPS) is 22.7. The minimum absolute atomic E-state index is 0.132. The summed E-state index contributed by atoms with van der Waals surface area (Å²) in [6.45, 7) is 9.67. The van der Waals surface area contributed by atoms with E-state index in [2.05, 4.69) is 42.3 Å². The van der Waals surface area contributed by atoms with Crippen LogP contribution in [0.25, 0.3) is 0 Å². The second-order valence-electron chi connectivity index (χ2n) is 6.17. The van der Waals surface area contributed by atoms with Crippen molar-refractivity contribution in [1.82, 2.24) is 10.2 Å². The second kappa shape index (κ2) is 6.67. The lowest BCUT2D eigenvalue weighted by atomic mass is 10.1. The first-order valence-corrected chi connectivity index (χ1v) is 8.08. The number of piperazine rings is 1. The zero-order valence-corrected chi connectivity index (χ0v) is 13.5. The molecule has 3 rings (SSSR count). The van der Waals surface area contributed by atoms with Gasteiger partial charge in [0.1, 0.15) is 6.10 Å². The monoisotopic (exact) mass is 303 g/mol. The maximum absolute atomic E-state index is 12.5. The number of carbonyl (C=O) groups excluding carboxylic acids is 1. The fourth-order valence-corrected chi connectivity index (χ4v) is 3.16. The summed E-state index contributed by atoms with van der Waals surface area (Å²) < 4.78 is 5.57. The number of carbonyl (C=O) groups is 1. The maximum atomic E-state index is 12.5. The Balaban J connectivity index is 1.60. The van der Waals surface area contributed by atoms with Crippen LogP contribution in [0.5, 0.6) is 0 Å². The van der Waals surface area contributed by atoms with Crippen LogP contribution in [0, 0.1) is 13.8 Å². The van der Waals surface area contributed by atoms with E-state index in [0.29, 0.717) is 13.2 Å².